The van der Waals surface area contributed by atoms with Crippen LogP contribution in [0, 0.1) is 5.82 Å². The number of fused-ring (bicyclic) bond motifs is 1. The first kappa shape index (κ1) is 15.6. The van der Waals surface area contributed by atoms with Gasteiger partial charge in [0.1, 0.15) is 11.9 Å². The molecule has 5 nitrogen and oxygen atoms in total. The summed E-state index contributed by atoms with van der Waals surface area (Å²) in [6.45, 7) is 4.21. The van der Waals surface area contributed by atoms with Gasteiger partial charge in [-0.1, -0.05) is 19.9 Å². The molecule has 2 unspecified atom stereocenters. The van der Waals surface area contributed by atoms with Crippen molar-refractivity contribution in [1.82, 2.24) is 10.2 Å². The lowest BCUT2D eigenvalue weighted by Gasteiger charge is -2.29. The summed E-state index contributed by atoms with van der Waals surface area (Å²) < 4.78 is 14.3. The van der Waals surface area contributed by atoms with E-state index >= 15 is 0 Å². The number of hydrogen-bond acceptors (Lipinski definition) is 3. The minimum Gasteiger partial charge on any atom is -0.322 e. The average molecular weight is 320 g/mol. The van der Waals surface area contributed by atoms with Crippen LogP contribution in [0.5, 0.6) is 0 Å². The molecule has 0 bridgehead atoms. The molecule has 1 aromatic carbocycles. The fraction of sp³-hybridized carbons (Fsp3) is 0.471. The van der Waals surface area contributed by atoms with Crippen molar-refractivity contribution in [2.24, 2.45) is 0 Å². The molecule has 2 aliphatic rings. The van der Waals surface area contributed by atoms with Gasteiger partial charge in [0, 0.05) is 20.0 Å². The number of nitrogens with one attached hydrogen (secondary N) is 1. The van der Waals surface area contributed by atoms with Crippen molar-refractivity contribution in [1.29, 1.82) is 0 Å². The summed E-state index contributed by atoms with van der Waals surface area (Å²) in [7, 11) is 0. The Morgan fingerprint density at radius 3 is 2.78 bits per heavy atom. The predicted octanol–water partition coefficient (Wildman–Crippen LogP) is 2.35. The molecule has 1 N–H and O–H groups in total. The highest BCUT2D eigenvalue weighted by atomic mass is 19.1. The number of benzene rings is 1. The van der Waals surface area contributed by atoms with Crippen molar-refractivity contribution in [3.63, 3.8) is 0 Å². The van der Waals surface area contributed by atoms with E-state index in [1.54, 1.807) is 6.07 Å². The molecular formula is C17H21FN2O3. The summed E-state index contributed by atoms with van der Waals surface area (Å²) >= 11 is 0. The van der Waals surface area contributed by atoms with Crippen LogP contribution < -0.4 is 5.32 Å². The molecule has 0 spiro atoms. The van der Waals surface area contributed by atoms with E-state index in [-0.39, 0.29) is 37.9 Å². The molecule has 2 heterocycles. The highest BCUT2D eigenvalue weighted by molar-refractivity contribution is 6.05. The van der Waals surface area contributed by atoms with Gasteiger partial charge >= 0.3 is 0 Å². The summed E-state index contributed by atoms with van der Waals surface area (Å²) in [5, 5.41) is 2.26. The Hall–Kier alpha value is -2.24. The first-order chi connectivity index (χ1) is 10.9. The van der Waals surface area contributed by atoms with Gasteiger partial charge in [-0.05, 0) is 36.0 Å². The number of hydrogen-bond donors (Lipinski definition) is 1. The van der Waals surface area contributed by atoms with Crippen LogP contribution in [0.1, 0.15) is 61.9 Å². The van der Waals surface area contributed by atoms with E-state index in [1.807, 2.05) is 13.8 Å². The number of halogens is 1. The SMILES string of the molecule is CCC(C)c1cc2c(cc1F)C(=O)N(C1CCC(=O)NC1=O)C2.[HH]. The first-order valence-electron chi connectivity index (χ1n) is 7.89. The van der Waals surface area contributed by atoms with Gasteiger partial charge in [0.05, 0.1) is 0 Å². The molecule has 1 saturated heterocycles. The summed E-state index contributed by atoms with van der Waals surface area (Å²) in [6.07, 6.45) is 1.33. The molecule has 3 amide bonds. The topological polar surface area (TPSA) is 66.5 Å². The maximum absolute atomic E-state index is 14.3. The molecular weight excluding hydrogens is 299 g/mol. The molecule has 6 heteroatoms. The molecule has 124 valence electrons. The Morgan fingerprint density at radius 1 is 1.39 bits per heavy atom. The van der Waals surface area contributed by atoms with Gasteiger partial charge in [0.25, 0.3) is 5.91 Å². The molecule has 3 rings (SSSR count). The van der Waals surface area contributed by atoms with Crippen molar-refractivity contribution in [2.75, 3.05) is 0 Å². The van der Waals surface area contributed by atoms with Crippen LogP contribution in [0.15, 0.2) is 12.1 Å². The van der Waals surface area contributed by atoms with Gasteiger partial charge in [0.15, 0.2) is 0 Å². The average Bonchev–Trinajstić information content (AvgIpc) is 2.82. The van der Waals surface area contributed by atoms with Crippen molar-refractivity contribution in [2.45, 2.75) is 51.6 Å². The standard InChI is InChI=1S/C17H19FN2O3.H2/c1-3-9(2)11-6-10-8-20(17(23)12(10)7-13(11)18)14-4-5-15(21)19-16(14)22;/h6-7,9,14H,3-5,8H2,1-2H3,(H,19,21,22);1H. The second kappa shape index (κ2) is 5.76. The number of carbonyl (C=O) groups excluding carboxylic acids is 3. The number of carbonyl (C=O) groups is 3. The van der Waals surface area contributed by atoms with Gasteiger partial charge in [-0.15, -0.1) is 0 Å². The van der Waals surface area contributed by atoms with Crippen molar-refractivity contribution in [3.8, 4) is 0 Å². The second-order valence-electron chi connectivity index (χ2n) is 6.24. The zero-order valence-electron chi connectivity index (χ0n) is 13.2. The van der Waals surface area contributed by atoms with E-state index in [0.29, 0.717) is 17.5 Å². The van der Waals surface area contributed by atoms with Crippen LogP contribution in [0.3, 0.4) is 0 Å². The third-order valence-corrected chi connectivity index (χ3v) is 4.78. The molecule has 0 saturated carbocycles. The quantitative estimate of drug-likeness (QED) is 0.869. The van der Waals surface area contributed by atoms with Gasteiger partial charge in [0.2, 0.25) is 11.8 Å². The van der Waals surface area contributed by atoms with Crippen LogP contribution in [0.4, 0.5) is 4.39 Å². The molecule has 0 radical (unpaired) electrons. The fourth-order valence-electron chi connectivity index (χ4n) is 3.21. The van der Waals surface area contributed by atoms with Crippen LogP contribution in [-0.4, -0.2) is 28.7 Å². The Balaban J connectivity index is 0.00000208. The zero-order valence-corrected chi connectivity index (χ0v) is 13.2. The lowest BCUT2D eigenvalue weighted by molar-refractivity contribution is -0.136. The van der Waals surface area contributed by atoms with E-state index < -0.39 is 11.9 Å². The Kier molecular flexibility index (Phi) is 3.92. The Bertz CT molecular complexity index is 707. The Labute approximate surface area is 135 Å². The van der Waals surface area contributed by atoms with Gasteiger partial charge in [-0.2, -0.15) is 0 Å². The number of nitrogens with zero attached hydrogens (tertiary/aromatic N) is 1. The van der Waals surface area contributed by atoms with Crippen LogP contribution in [-0.2, 0) is 16.1 Å². The summed E-state index contributed by atoms with van der Waals surface area (Å²) in [5.74, 6) is -1.42. The largest absolute Gasteiger partial charge is 0.322 e. The van der Waals surface area contributed by atoms with Crippen LogP contribution in [0.2, 0.25) is 0 Å². The monoisotopic (exact) mass is 320 g/mol. The van der Waals surface area contributed by atoms with E-state index in [0.717, 1.165) is 12.0 Å². The molecule has 2 atom stereocenters. The van der Waals surface area contributed by atoms with E-state index in [2.05, 4.69) is 5.32 Å². The minimum atomic E-state index is -0.664. The first-order valence-corrected chi connectivity index (χ1v) is 7.89. The number of piperidine rings is 1. The fourth-order valence-corrected chi connectivity index (χ4v) is 3.21. The predicted molar refractivity (Wildman–Crippen MR) is 83.3 cm³/mol. The molecule has 1 fully saturated rings. The summed E-state index contributed by atoms with van der Waals surface area (Å²) in [4.78, 5) is 37.2. The highest BCUT2D eigenvalue weighted by Crippen LogP contribution is 2.32. The molecule has 0 aliphatic carbocycles. The summed E-state index contributed by atoms with van der Waals surface area (Å²) in [6, 6.07) is 2.36. The lowest BCUT2D eigenvalue weighted by atomic mass is 9.94. The smallest absolute Gasteiger partial charge is 0.255 e. The maximum atomic E-state index is 14.3. The zero-order chi connectivity index (χ0) is 16.7. The molecule has 0 aromatic heterocycles. The number of rotatable bonds is 3. The van der Waals surface area contributed by atoms with Gasteiger partial charge < -0.3 is 4.90 Å². The third-order valence-electron chi connectivity index (χ3n) is 4.78. The molecule has 1 aromatic rings. The van der Waals surface area contributed by atoms with Crippen molar-refractivity contribution >= 4 is 17.7 Å². The van der Waals surface area contributed by atoms with Crippen LogP contribution >= 0.6 is 0 Å². The van der Waals surface area contributed by atoms with Crippen molar-refractivity contribution in [3.05, 3.63) is 34.6 Å². The normalized spacial score (nSPS) is 22.1. The number of amides is 3. The second-order valence-corrected chi connectivity index (χ2v) is 6.24. The van der Waals surface area contributed by atoms with Crippen LogP contribution in [0.25, 0.3) is 0 Å². The van der Waals surface area contributed by atoms with Gasteiger partial charge in [-0.3, -0.25) is 19.7 Å². The minimum absolute atomic E-state index is 0. The summed E-state index contributed by atoms with van der Waals surface area (Å²) in [5.41, 5.74) is 1.67. The van der Waals surface area contributed by atoms with Crippen molar-refractivity contribution < 1.29 is 20.2 Å². The number of imide groups is 1. The lowest BCUT2D eigenvalue weighted by Crippen LogP contribution is -2.52. The van der Waals surface area contributed by atoms with Gasteiger partial charge in [-0.25, -0.2) is 4.39 Å². The maximum Gasteiger partial charge on any atom is 0.255 e. The molecule has 23 heavy (non-hydrogen) atoms. The third kappa shape index (κ3) is 2.62. The van der Waals surface area contributed by atoms with E-state index in [9.17, 15) is 18.8 Å². The van der Waals surface area contributed by atoms with E-state index in [1.165, 1.54) is 11.0 Å². The Morgan fingerprint density at radius 2 is 2.13 bits per heavy atom. The highest BCUT2D eigenvalue weighted by Gasteiger charge is 2.39. The molecule has 2 aliphatic heterocycles. The van der Waals surface area contributed by atoms with E-state index in [4.69, 9.17) is 0 Å².